The summed E-state index contributed by atoms with van der Waals surface area (Å²) in [6.07, 6.45) is 2.47. The van der Waals surface area contributed by atoms with E-state index in [0.29, 0.717) is 6.54 Å². The molecule has 26 heavy (non-hydrogen) atoms. The summed E-state index contributed by atoms with van der Waals surface area (Å²) in [6.45, 7) is 3.48. The van der Waals surface area contributed by atoms with Crippen LogP contribution < -0.4 is 5.32 Å². The zero-order valence-electron chi connectivity index (χ0n) is 14.3. The quantitative estimate of drug-likeness (QED) is 0.617. The number of hydrogen-bond donors (Lipinski definition) is 1. The molecule has 1 N–H and O–H groups in total. The second-order valence-electron chi connectivity index (χ2n) is 6.36. The number of amides is 1. The molecule has 0 radical (unpaired) electrons. The van der Waals surface area contributed by atoms with E-state index >= 15 is 0 Å². The number of nitro benzene ring substituents is 1. The predicted octanol–water partition coefficient (Wildman–Crippen LogP) is 3.77. The maximum absolute atomic E-state index is 12.4. The Bertz CT molecular complexity index is 819. The number of non-ortho nitro benzene ring substituents is 1. The topological polar surface area (TPSA) is 75.5 Å². The van der Waals surface area contributed by atoms with Crippen LogP contribution in [-0.4, -0.2) is 28.8 Å². The minimum Gasteiger partial charge on any atom is -0.348 e. The predicted molar refractivity (Wildman–Crippen MR) is 100 cm³/mol. The molecule has 136 valence electrons. The lowest BCUT2D eigenvalue weighted by Gasteiger charge is -2.17. The average Bonchev–Trinajstić information content (AvgIpc) is 3.13. The van der Waals surface area contributed by atoms with Gasteiger partial charge in [-0.25, -0.2) is 0 Å². The minimum atomic E-state index is -0.540. The van der Waals surface area contributed by atoms with E-state index in [1.807, 2.05) is 18.2 Å². The van der Waals surface area contributed by atoms with Gasteiger partial charge in [-0.05, 0) is 43.1 Å². The fourth-order valence-electron chi connectivity index (χ4n) is 3.14. The van der Waals surface area contributed by atoms with Crippen molar-refractivity contribution in [2.75, 3.05) is 13.1 Å². The first kappa shape index (κ1) is 18.4. The Labute approximate surface area is 156 Å². The van der Waals surface area contributed by atoms with Crippen molar-refractivity contribution >= 4 is 23.2 Å². The average molecular weight is 374 g/mol. The first-order valence-corrected chi connectivity index (χ1v) is 8.93. The van der Waals surface area contributed by atoms with Crippen LogP contribution in [0.1, 0.15) is 34.3 Å². The zero-order chi connectivity index (χ0) is 18.5. The molecule has 1 heterocycles. The van der Waals surface area contributed by atoms with Crippen molar-refractivity contribution in [1.29, 1.82) is 0 Å². The molecule has 0 atom stereocenters. The Kier molecular flexibility index (Phi) is 5.85. The molecule has 0 aliphatic carbocycles. The fourth-order valence-corrected chi connectivity index (χ4v) is 3.40. The molecular weight excluding hydrogens is 354 g/mol. The van der Waals surface area contributed by atoms with Crippen LogP contribution in [0.3, 0.4) is 0 Å². The Morgan fingerprint density at radius 1 is 1.15 bits per heavy atom. The summed E-state index contributed by atoms with van der Waals surface area (Å²) in [5.41, 5.74) is 2.35. The van der Waals surface area contributed by atoms with Gasteiger partial charge in [-0.3, -0.25) is 19.8 Å². The summed E-state index contributed by atoms with van der Waals surface area (Å²) < 4.78 is 0. The van der Waals surface area contributed by atoms with Crippen LogP contribution in [0.4, 0.5) is 5.69 Å². The summed E-state index contributed by atoms with van der Waals surface area (Å²) in [5.74, 6) is -0.346. The molecule has 1 amide bonds. The van der Waals surface area contributed by atoms with Crippen LogP contribution in [0.2, 0.25) is 5.02 Å². The Hall–Kier alpha value is -2.44. The number of carbonyl (C=O) groups excluding carboxylic acids is 1. The molecule has 2 aromatic carbocycles. The summed E-state index contributed by atoms with van der Waals surface area (Å²) >= 11 is 6.02. The Morgan fingerprint density at radius 2 is 1.85 bits per heavy atom. The number of hydrogen-bond acceptors (Lipinski definition) is 4. The van der Waals surface area contributed by atoms with Crippen LogP contribution in [0.15, 0.2) is 42.5 Å². The van der Waals surface area contributed by atoms with Gasteiger partial charge in [-0.1, -0.05) is 35.9 Å². The molecule has 3 rings (SSSR count). The van der Waals surface area contributed by atoms with Crippen LogP contribution >= 0.6 is 11.6 Å². The highest BCUT2D eigenvalue weighted by Crippen LogP contribution is 2.22. The Balaban J connectivity index is 1.67. The van der Waals surface area contributed by atoms with E-state index in [4.69, 9.17) is 11.6 Å². The summed E-state index contributed by atoms with van der Waals surface area (Å²) in [5, 5.41) is 13.7. The van der Waals surface area contributed by atoms with Crippen LogP contribution in [0.5, 0.6) is 0 Å². The lowest BCUT2D eigenvalue weighted by molar-refractivity contribution is -0.384. The van der Waals surface area contributed by atoms with Gasteiger partial charge in [-0.15, -0.1) is 0 Å². The highest BCUT2D eigenvalue weighted by atomic mass is 35.5. The monoisotopic (exact) mass is 373 g/mol. The third-order valence-corrected chi connectivity index (χ3v) is 4.87. The van der Waals surface area contributed by atoms with Crippen LogP contribution in [0.25, 0.3) is 0 Å². The largest absolute Gasteiger partial charge is 0.348 e. The van der Waals surface area contributed by atoms with Crippen molar-refractivity contribution in [1.82, 2.24) is 10.2 Å². The SMILES string of the molecule is O=C(NCc1ccccc1CN1CCCC1)c1ccc([N+](=O)[O-])cc1Cl. The molecule has 1 aliphatic rings. The van der Waals surface area contributed by atoms with E-state index in [9.17, 15) is 14.9 Å². The van der Waals surface area contributed by atoms with Crippen molar-refractivity contribution in [3.8, 4) is 0 Å². The maximum atomic E-state index is 12.4. The van der Waals surface area contributed by atoms with Crippen molar-refractivity contribution < 1.29 is 9.72 Å². The first-order chi connectivity index (χ1) is 12.5. The number of nitrogens with one attached hydrogen (secondary N) is 1. The summed E-state index contributed by atoms with van der Waals surface area (Å²) in [7, 11) is 0. The standard InChI is InChI=1S/C19H20ClN3O3/c20-18-11-16(23(25)26)7-8-17(18)19(24)21-12-14-5-1-2-6-15(14)13-22-9-3-4-10-22/h1-2,5-8,11H,3-4,9-10,12-13H2,(H,21,24). The van der Waals surface area contributed by atoms with Crippen molar-refractivity contribution in [2.45, 2.75) is 25.9 Å². The van der Waals surface area contributed by atoms with Gasteiger partial charge in [0, 0.05) is 25.2 Å². The third-order valence-electron chi connectivity index (χ3n) is 4.56. The molecule has 0 spiro atoms. The molecule has 1 aliphatic heterocycles. The number of halogens is 1. The van der Waals surface area contributed by atoms with E-state index in [0.717, 1.165) is 25.2 Å². The highest BCUT2D eigenvalue weighted by molar-refractivity contribution is 6.34. The van der Waals surface area contributed by atoms with Crippen LogP contribution in [0, 0.1) is 10.1 Å². The minimum absolute atomic E-state index is 0.0713. The normalized spacial score (nSPS) is 14.3. The van der Waals surface area contributed by atoms with Gasteiger partial charge in [-0.2, -0.15) is 0 Å². The van der Waals surface area contributed by atoms with Crippen LogP contribution in [-0.2, 0) is 13.1 Å². The molecule has 0 unspecified atom stereocenters. The van der Waals surface area contributed by atoms with E-state index in [2.05, 4.69) is 16.3 Å². The van der Waals surface area contributed by atoms with E-state index in [1.54, 1.807) is 0 Å². The maximum Gasteiger partial charge on any atom is 0.270 e. The number of carbonyl (C=O) groups is 1. The smallest absolute Gasteiger partial charge is 0.270 e. The van der Waals surface area contributed by atoms with E-state index < -0.39 is 4.92 Å². The lowest BCUT2D eigenvalue weighted by atomic mass is 10.1. The lowest BCUT2D eigenvalue weighted by Crippen LogP contribution is -2.25. The van der Waals surface area contributed by atoms with Gasteiger partial charge in [0.15, 0.2) is 0 Å². The van der Waals surface area contributed by atoms with Crippen molar-refractivity contribution in [3.05, 3.63) is 74.3 Å². The number of nitrogens with zero attached hydrogens (tertiary/aromatic N) is 2. The van der Waals surface area contributed by atoms with E-state index in [-0.39, 0.29) is 22.2 Å². The number of nitro groups is 1. The molecular formula is C19H20ClN3O3. The number of likely N-dealkylation sites (tertiary alicyclic amines) is 1. The van der Waals surface area contributed by atoms with Crippen molar-refractivity contribution in [2.24, 2.45) is 0 Å². The van der Waals surface area contributed by atoms with E-state index in [1.165, 1.54) is 36.6 Å². The van der Waals surface area contributed by atoms with Gasteiger partial charge in [0.2, 0.25) is 0 Å². The highest BCUT2D eigenvalue weighted by Gasteiger charge is 2.16. The summed E-state index contributed by atoms with van der Waals surface area (Å²) in [6, 6.07) is 11.9. The number of rotatable bonds is 6. The van der Waals surface area contributed by atoms with Gasteiger partial charge in [0.25, 0.3) is 11.6 Å². The second kappa shape index (κ2) is 8.29. The second-order valence-corrected chi connectivity index (χ2v) is 6.76. The van der Waals surface area contributed by atoms with Gasteiger partial charge in [0.1, 0.15) is 0 Å². The fraction of sp³-hybridized carbons (Fsp3) is 0.316. The molecule has 7 heteroatoms. The van der Waals surface area contributed by atoms with Crippen molar-refractivity contribution in [3.63, 3.8) is 0 Å². The zero-order valence-corrected chi connectivity index (χ0v) is 15.0. The molecule has 1 fully saturated rings. The molecule has 2 aromatic rings. The molecule has 6 nitrogen and oxygen atoms in total. The molecule has 0 bridgehead atoms. The third kappa shape index (κ3) is 4.39. The van der Waals surface area contributed by atoms with Gasteiger partial charge >= 0.3 is 0 Å². The number of benzene rings is 2. The molecule has 0 aromatic heterocycles. The first-order valence-electron chi connectivity index (χ1n) is 8.56. The molecule has 0 saturated carbocycles. The summed E-state index contributed by atoms with van der Waals surface area (Å²) in [4.78, 5) is 25.0. The Morgan fingerprint density at radius 3 is 2.50 bits per heavy atom. The van der Waals surface area contributed by atoms with Gasteiger partial charge < -0.3 is 5.32 Å². The van der Waals surface area contributed by atoms with Gasteiger partial charge in [0.05, 0.1) is 15.5 Å². The molecule has 1 saturated heterocycles.